The lowest BCUT2D eigenvalue weighted by Gasteiger charge is -2.20. The summed E-state index contributed by atoms with van der Waals surface area (Å²) in [6, 6.07) is 0. The lowest BCUT2D eigenvalue weighted by molar-refractivity contribution is 0.378. The molecule has 0 aliphatic rings. The maximum atomic E-state index is 4.20. The minimum atomic E-state index is 0.503. The van der Waals surface area contributed by atoms with Gasteiger partial charge in [0.05, 0.1) is 0 Å². The SMILES string of the molecule is C=CCC(CCCN(C)C)C(=C)C(=C)[B]CC. The van der Waals surface area contributed by atoms with E-state index in [0.29, 0.717) is 5.92 Å². The highest BCUT2D eigenvalue weighted by molar-refractivity contribution is 6.46. The smallest absolute Gasteiger partial charge is 0.150 e. The van der Waals surface area contributed by atoms with Crippen LogP contribution in [0.2, 0.25) is 6.32 Å². The highest BCUT2D eigenvalue weighted by atomic mass is 15.0. The van der Waals surface area contributed by atoms with E-state index in [-0.39, 0.29) is 0 Å². The van der Waals surface area contributed by atoms with Crippen molar-refractivity contribution in [2.45, 2.75) is 32.5 Å². The fourth-order valence-corrected chi connectivity index (χ4v) is 1.93. The van der Waals surface area contributed by atoms with Gasteiger partial charge in [-0.25, -0.2) is 0 Å². The Morgan fingerprint density at radius 2 is 2.00 bits per heavy atom. The quantitative estimate of drug-likeness (QED) is 0.315. The van der Waals surface area contributed by atoms with Crippen LogP contribution in [0, 0.1) is 5.92 Å². The van der Waals surface area contributed by atoms with E-state index in [1.165, 1.54) is 18.4 Å². The fourth-order valence-electron chi connectivity index (χ4n) is 1.93. The fraction of sp³-hybridized carbons (Fsp3) is 0.600. The molecule has 0 fully saturated rings. The van der Waals surface area contributed by atoms with Gasteiger partial charge in [0.2, 0.25) is 0 Å². The summed E-state index contributed by atoms with van der Waals surface area (Å²) >= 11 is 0. The van der Waals surface area contributed by atoms with Crippen LogP contribution in [0.3, 0.4) is 0 Å². The van der Waals surface area contributed by atoms with Crippen LogP contribution in [0.1, 0.15) is 26.2 Å². The van der Waals surface area contributed by atoms with Crippen molar-refractivity contribution in [1.82, 2.24) is 4.90 Å². The Bertz CT molecular complexity index is 256. The average molecular weight is 232 g/mol. The number of hydrogen-bond acceptors (Lipinski definition) is 1. The molecule has 0 aromatic carbocycles. The van der Waals surface area contributed by atoms with Crippen molar-refractivity contribution in [2.24, 2.45) is 5.92 Å². The third kappa shape index (κ3) is 7.22. The van der Waals surface area contributed by atoms with Gasteiger partial charge in [-0.1, -0.05) is 36.9 Å². The molecule has 0 N–H and O–H groups in total. The molecule has 1 radical (unpaired) electrons. The van der Waals surface area contributed by atoms with Crippen LogP contribution in [0.4, 0.5) is 0 Å². The molecule has 1 nitrogen and oxygen atoms in total. The first kappa shape index (κ1) is 16.2. The Labute approximate surface area is 109 Å². The third-order valence-corrected chi connectivity index (χ3v) is 2.96. The largest absolute Gasteiger partial charge is 0.309 e. The molecular formula is C15H27BN. The summed E-state index contributed by atoms with van der Waals surface area (Å²) in [5, 5.41) is 0. The van der Waals surface area contributed by atoms with E-state index < -0.39 is 0 Å². The van der Waals surface area contributed by atoms with Gasteiger partial charge in [0.15, 0.2) is 7.28 Å². The van der Waals surface area contributed by atoms with Gasteiger partial charge in [-0.3, -0.25) is 0 Å². The molecule has 0 bridgehead atoms. The number of nitrogens with zero attached hydrogens (tertiary/aromatic N) is 1. The third-order valence-electron chi connectivity index (χ3n) is 2.96. The summed E-state index contributed by atoms with van der Waals surface area (Å²) in [7, 11) is 6.38. The zero-order valence-electron chi connectivity index (χ0n) is 11.8. The van der Waals surface area contributed by atoms with E-state index in [1.54, 1.807) is 0 Å². The molecule has 0 saturated carbocycles. The second kappa shape index (κ2) is 9.29. The Balaban J connectivity index is 4.25. The predicted molar refractivity (Wildman–Crippen MR) is 80.6 cm³/mol. The molecular weight excluding hydrogens is 205 g/mol. The molecule has 95 valence electrons. The molecule has 0 aliphatic carbocycles. The first-order chi connectivity index (χ1) is 8.02. The van der Waals surface area contributed by atoms with Gasteiger partial charge in [0.1, 0.15) is 0 Å². The summed E-state index contributed by atoms with van der Waals surface area (Å²) in [5.41, 5.74) is 2.29. The van der Waals surface area contributed by atoms with E-state index in [9.17, 15) is 0 Å². The second-order valence-electron chi connectivity index (χ2n) is 4.83. The minimum Gasteiger partial charge on any atom is -0.309 e. The molecule has 0 heterocycles. The number of allylic oxidation sites excluding steroid dienone is 3. The van der Waals surface area contributed by atoms with Crippen LogP contribution in [-0.4, -0.2) is 32.8 Å². The summed E-state index contributed by atoms with van der Waals surface area (Å²) < 4.78 is 0. The number of hydrogen-bond donors (Lipinski definition) is 0. The first-order valence-corrected chi connectivity index (χ1v) is 6.49. The van der Waals surface area contributed by atoms with Crippen LogP contribution in [-0.2, 0) is 0 Å². The molecule has 1 atom stereocenters. The Morgan fingerprint density at radius 1 is 1.35 bits per heavy atom. The van der Waals surface area contributed by atoms with Crippen molar-refractivity contribution >= 4 is 7.28 Å². The van der Waals surface area contributed by atoms with Crippen molar-refractivity contribution in [3.05, 3.63) is 36.9 Å². The summed E-state index contributed by atoms with van der Waals surface area (Å²) in [6.07, 6.45) is 6.38. The molecule has 1 unspecified atom stereocenters. The lowest BCUT2D eigenvalue weighted by Crippen LogP contribution is -2.15. The molecule has 0 rings (SSSR count). The van der Waals surface area contributed by atoms with E-state index >= 15 is 0 Å². The lowest BCUT2D eigenvalue weighted by atomic mass is 9.63. The summed E-state index contributed by atoms with van der Waals surface area (Å²) in [5.74, 6) is 0.503. The predicted octanol–water partition coefficient (Wildman–Crippen LogP) is 3.73. The molecule has 17 heavy (non-hydrogen) atoms. The van der Waals surface area contributed by atoms with Crippen molar-refractivity contribution in [2.75, 3.05) is 20.6 Å². The van der Waals surface area contributed by atoms with E-state index in [2.05, 4.69) is 52.9 Å². The Morgan fingerprint density at radius 3 is 2.47 bits per heavy atom. The molecule has 0 aromatic rings. The first-order valence-electron chi connectivity index (χ1n) is 6.49. The normalized spacial score (nSPS) is 12.2. The molecule has 0 amide bonds. The highest BCUT2D eigenvalue weighted by Crippen LogP contribution is 2.25. The van der Waals surface area contributed by atoms with Crippen LogP contribution in [0.5, 0.6) is 0 Å². The van der Waals surface area contributed by atoms with Crippen molar-refractivity contribution in [1.29, 1.82) is 0 Å². The molecule has 0 spiro atoms. The van der Waals surface area contributed by atoms with Gasteiger partial charge in [0.25, 0.3) is 0 Å². The highest BCUT2D eigenvalue weighted by Gasteiger charge is 2.13. The van der Waals surface area contributed by atoms with Gasteiger partial charge in [-0.15, -0.1) is 13.2 Å². The van der Waals surface area contributed by atoms with Crippen molar-refractivity contribution in [3.63, 3.8) is 0 Å². The van der Waals surface area contributed by atoms with Gasteiger partial charge < -0.3 is 4.90 Å². The zero-order valence-corrected chi connectivity index (χ0v) is 11.8. The Hall–Kier alpha value is -0.755. The maximum Gasteiger partial charge on any atom is 0.150 e. The van der Waals surface area contributed by atoms with Gasteiger partial charge in [-0.2, -0.15) is 0 Å². The van der Waals surface area contributed by atoms with Gasteiger partial charge in [-0.05, 0) is 45.8 Å². The topological polar surface area (TPSA) is 3.24 Å². The summed E-state index contributed by atoms with van der Waals surface area (Å²) in [4.78, 5) is 2.22. The second-order valence-corrected chi connectivity index (χ2v) is 4.83. The van der Waals surface area contributed by atoms with Crippen LogP contribution in [0.15, 0.2) is 36.9 Å². The molecule has 0 aromatic heterocycles. The maximum absolute atomic E-state index is 4.20. The van der Waals surface area contributed by atoms with Crippen LogP contribution >= 0.6 is 0 Å². The monoisotopic (exact) mass is 232 g/mol. The van der Waals surface area contributed by atoms with E-state index in [1.807, 2.05) is 6.08 Å². The van der Waals surface area contributed by atoms with Crippen LogP contribution in [0.25, 0.3) is 0 Å². The summed E-state index contributed by atoms with van der Waals surface area (Å²) in [6.45, 7) is 15.4. The minimum absolute atomic E-state index is 0.503. The van der Waals surface area contributed by atoms with Gasteiger partial charge in [0, 0.05) is 0 Å². The van der Waals surface area contributed by atoms with Crippen molar-refractivity contribution < 1.29 is 0 Å². The molecule has 0 aliphatic heterocycles. The zero-order chi connectivity index (χ0) is 13.3. The molecule has 2 heteroatoms. The van der Waals surface area contributed by atoms with Crippen molar-refractivity contribution in [3.8, 4) is 0 Å². The number of rotatable bonds is 10. The van der Waals surface area contributed by atoms with Crippen LogP contribution < -0.4 is 0 Å². The van der Waals surface area contributed by atoms with E-state index in [4.69, 9.17) is 0 Å². The standard InChI is InChI=1S/C15H27BN/c1-7-10-15(11-9-12-17(5)6)13(3)14(4)16-8-2/h7,15H,1,3-4,8-12H2,2,5-6H3. The van der Waals surface area contributed by atoms with E-state index in [0.717, 1.165) is 24.8 Å². The molecule has 0 saturated heterocycles. The Kier molecular flexibility index (Phi) is 8.88. The average Bonchev–Trinajstić information content (AvgIpc) is 2.27. The van der Waals surface area contributed by atoms with Gasteiger partial charge >= 0.3 is 0 Å².